The summed E-state index contributed by atoms with van der Waals surface area (Å²) in [6, 6.07) is 6.64. The van der Waals surface area contributed by atoms with Crippen molar-refractivity contribution in [2.24, 2.45) is 12.0 Å². The van der Waals surface area contributed by atoms with Gasteiger partial charge in [-0.15, -0.1) is 10.2 Å². The summed E-state index contributed by atoms with van der Waals surface area (Å²) >= 11 is 0. The van der Waals surface area contributed by atoms with E-state index in [0.717, 1.165) is 5.82 Å². The summed E-state index contributed by atoms with van der Waals surface area (Å²) in [5.41, 5.74) is 0.592. The molecule has 0 saturated carbocycles. The molecule has 0 aliphatic heterocycles. The third kappa shape index (κ3) is 3.53. The highest BCUT2D eigenvalue weighted by molar-refractivity contribution is 5.79. The summed E-state index contributed by atoms with van der Waals surface area (Å²) in [6.07, 6.45) is 1.63. The van der Waals surface area contributed by atoms with Crippen LogP contribution in [0.2, 0.25) is 0 Å². The third-order valence-electron chi connectivity index (χ3n) is 2.85. The van der Waals surface area contributed by atoms with E-state index in [1.807, 2.05) is 11.6 Å². The number of rotatable bonds is 4. The van der Waals surface area contributed by atoms with Crippen LogP contribution in [0.1, 0.15) is 11.4 Å². The lowest BCUT2D eigenvalue weighted by Gasteiger charge is -2.11. The first kappa shape index (κ1) is 14.0. The predicted octanol–water partition coefficient (Wildman–Crippen LogP) is 0.819. The average molecular weight is 276 g/mol. The Morgan fingerprint density at radius 3 is 2.70 bits per heavy atom. The molecule has 1 aromatic heterocycles. The van der Waals surface area contributed by atoms with Crippen LogP contribution in [-0.4, -0.2) is 27.8 Å². The van der Waals surface area contributed by atoms with Gasteiger partial charge in [0, 0.05) is 26.2 Å². The lowest BCUT2D eigenvalue weighted by atomic mass is 10.2. The third-order valence-corrected chi connectivity index (χ3v) is 2.85. The van der Waals surface area contributed by atoms with Crippen LogP contribution in [0.3, 0.4) is 0 Å². The first-order chi connectivity index (χ1) is 9.70. The summed E-state index contributed by atoms with van der Waals surface area (Å²) in [5, 5.41) is 13.9. The van der Waals surface area contributed by atoms with E-state index in [2.05, 4.69) is 25.8 Å². The monoisotopic (exact) mass is 276 g/mol. The predicted molar refractivity (Wildman–Crippen MR) is 74.4 cm³/mol. The van der Waals surface area contributed by atoms with Gasteiger partial charge in [-0.3, -0.25) is 4.99 Å². The molecule has 0 atom stereocenters. The van der Waals surface area contributed by atoms with E-state index in [-0.39, 0.29) is 5.82 Å². The Labute approximate surface area is 116 Å². The van der Waals surface area contributed by atoms with Gasteiger partial charge >= 0.3 is 0 Å². The van der Waals surface area contributed by atoms with Gasteiger partial charge in [0.1, 0.15) is 12.1 Å². The molecule has 2 rings (SSSR count). The quantitative estimate of drug-likeness (QED) is 0.641. The Morgan fingerprint density at radius 2 is 2.05 bits per heavy atom. The molecule has 6 nitrogen and oxygen atoms in total. The largest absolute Gasteiger partial charge is 0.352 e. The van der Waals surface area contributed by atoms with Crippen molar-refractivity contribution in [2.45, 2.75) is 13.1 Å². The van der Waals surface area contributed by atoms with Gasteiger partial charge in [0.15, 0.2) is 11.8 Å². The van der Waals surface area contributed by atoms with Crippen molar-refractivity contribution in [1.29, 1.82) is 0 Å². The van der Waals surface area contributed by atoms with Gasteiger partial charge in [-0.1, -0.05) is 18.2 Å². The van der Waals surface area contributed by atoms with Gasteiger partial charge < -0.3 is 15.2 Å². The number of guanidine groups is 1. The molecule has 106 valence electrons. The number of aryl methyl sites for hydroxylation is 1. The molecule has 0 aliphatic rings. The lowest BCUT2D eigenvalue weighted by molar-refractivity contribution is 0.604. The Kier molecular flexibility index (Phi) is 4.65. The topological polar surface area (TPSA) is 67.1 Å². The molecule has 2 N–H and O–H groups in total. The Hall–Kier alpha value is -2.44. The van der Waals surface area contributed by atoms with E-state index in [1.54, 1.807) is 31.6 Å². The molecule has 1 heterocycles. The molecular weight excluding hydrogens is 259 g/mol. The zero-order valence-electron chi connectivity index (χ0n) is 11.5. The highest BCUT2D eigenvalue weighted by Crippen LogP contribution is 2.05. The van der Waals surface area contributed by atoms with E-state index in [0.29, 0.717) is 24.6 Å². The van der Waals surface area contributed by atoms with Gasteiger partial charge in [0.2, 0.25) is 0 Å². The number of hydrogen-bond donors (Lipinski definition) is 2. The standard InChI is InChI=1S/C13H17FN6/c1-15-13(17-8-12-19-18-9-20(12)2)16-7-10-5-3-4-6-11(10)14/h3-6,9H,7-8H2,1-2H3,(H2,15,16,17). The summed E-state index contributed by atoms with van der Waals surface area (Å²) in [7, 11) is 3.53. The Bertz CT molecular complexity index is 592. The number of aromatic nitrogens is 3. The lowest BCUT2D eigenvalue weighted by Crippen LogP contribution is -2.37. The molecule has 0 saturated heterocycles. The number of nitrogens with zero attached hydrogens (tertiary/aromatic N) is 4. The number of nitrogens with one attached hydrogen (secondary N) is 2. The van der Waals surface area contributed by atoms with E-state index in [9.17, 15) is 4.39 Å². The number of hydrogen-bond acceptors (Lipinski definition) is 3. The summed E-state index contributed by atoms with van der Waals surface area (Å²) in [4.78, 5) is 4.08. The van der Waals surface area contributed by atoms with Crippen molar-refractivity contribution >= 4 is 5.96 Å². The van der Waals surface area contributed by atoms with Gasteiger partial charge in [0.05, 0.1) is 6.54 Å². The summed E-state index contributed by atoms with van der Waals surface area (Å²) < 4.78 is 15.3. The second-order valence-electron chi connectivity index (χ2n) is 4.23. The smallest absolute Gasteiger partial charge is 0.191 e. The van der Waals surface area contributed by atoms with Crippen LogP contribution in [0.5, 0.6) is 0 Å². The molecule has 1 aromatic carbocycles. The van der Waals surface area contributed by atoms with Crippen molar-refractivity contribution in [3.8, 4) is 0 Å². The Morgan fingerprint density at radius 1 is 1.30 bits per heavy atom. The maximum Gasteiger partial charge on any atom is 0.191 e. The maximum atomic E-state index is 13.5. The van der Waals surface area contributed by atoms with Crippen LogP contribution in [0.15, 0.2) is 35.6 Å². The SMILES string of the molecule is CN=C(NCc1ccccc1F)NCc1nncn1C. The molecule has 0 aliphatic carbocycles. The first-order valence-electron chi connectivity index (χ1n) is 6.21. The van der Waals surface area contributed by atoms with Gasteiger partial charge in [-0.2, -0.15) is 0 Å². The van der Waals surface area contributed by atoms with Gasteiger partial charge in [-0.25, -0.2) is 4.39 Å². The molecule has 0 fully saturated rings. The molecule has 7 heteroatoms. The minimum Gasteiger partial charge on any atom is -0.352 e. The molecule has 0 amide bonds. The molecule has 0 unspecified atom stereocenters. The molecule has 20 heavy (non-hydrogen) atoms. The Balaban J connectivity index is 1.87. The van der Waals surface area contributed by atoms with Crippen molar-refractivity contribution < 1.29 is 4.39 Å². The zero-order valence-corrected chi connectivity index (χ0v) is 11.5. The fourth-order valence-electron chi connectivity index (χ4n) is 1.67. The number of aliphatic imine (C=N–C) groups is 1. The molecule has 2 aromatic rings. The van der Waals surface area contributed by atoms with Crippen molar-refractivity contribution in [3.63, 3.8) is 0 Å². The van der Waals surface area contributed by atoms with E-state index in [1.165, 1.54) is 6.07 Å². The van der Waals surface area contributed by atoms with E-state index in [4.69, 9.17) is 0 Å². The number of benzene rings is 1. The van der Waals surface area contributed by atoms with Crippen LogP contribution in [0, 0.1) is 5.82 Å². The van der Waals surface area contributed by atoms with Gasteiger partial charge in [0.25, 0.3) is 0 Å². The highest BCUT2D eigenvalue weighted by Gasteiger charge is 2.04. The summed E-state index contributed by atoms with van der Waals surface area (Å²) in [5.74, 6) is 1.14. The second-order valence-corrected chi connectivity index (χ2v) is 4.23. The molecule has 0 bridgehead atoms. The zero-order chi connectivity index (χ0) is 14.4. The van der Waals surface area contributed by atoms with Crippen molar-refractivity contribution in [1.82, 2.24) is 25.4 Å². The average Bonchev–Trinajstić information content (AvgIpc) is 2.86. The maximum absolute atomic E-state index is 13.5. The minimum atomic E-state index is -0.233. The van der Waals surface area contributed by atoms with Crippen LogP contribution >= 0.6 is 0 Å². The van der Waals surface area contributed by atoms with E-state index >= 15 is 0 Å². The second kappa shape index (κ2) is 6.65. The number of halogens is 1. The molecular formula is C13H17FN6. The van der Waals surface area contributed by atoms with Crippen molar-refractivity contribution in [2.75, 3.05) is 7.05 Å². The van der Waals surface area contributed by atoms with Gasteiger partial charge in [-0.05, 0) is 6.07 Å². The van der Waals surface area contributed by atoms with Crippen LogP contribution in [0.4, 0.5) is 4.39 Å². The molecule has 0 radical (unpaired) electrons. The minimum absolute atomic E-state index is 0.233. The van der Waals surface area contributed by atoms with E-state index < -0.39 is 0 Å². The fraction of sp³-hybridized carbons (Fsp3) is 0.308. The van der Waals surface area contributed by atoms with Crippen LogP contribution in [0.25, 0.3) is 0 Å². The van der Waals surface area contributed by atoms with Crippen molar-refractivity contribution in [3.05, 3.63) is 47.8 Å². The normalized spacial score (nSPS) is 11.4. The van der Waals surface area contributed by atoms with Crippen LogP contribution < -0.4 is 10.6 Å². The highest BCUT2D eigenvalue weighted by atomic mass is 19.1. The first-order valence-corrected chi connectivity index (χ1v) is 6.21. The summed E-state index contributed by atoms with van der Waals surface area (Å²) in [6.45, 7) is 0.860. The van der Waals surface area contributed by atoms with Crippen LogP contribution in [-0.2, 0) is 20.1 Å². The molecule has 0 spiro atoms. The fourth-order valence-corrected chi connectivity index (χ4v) is 1.67.